The lowest BCUT2D eigenvalue weighted by molar-refractivity contribution is 0.476. The highest BCUT2D eigenvalue weighted by Crippen LogP contribution is 2.32. The Bertz CT molecular complexity index is 908. The van der Waals surface area contributed by atoms with Crippen LogP contribution in [0.4, 0.5) is 5.69 Å². The molecule has 3 rings (SSSR count). The summed E-state index contributed by atoms with van der Waals surface area (Å²) in [6, 6.07) is 8.96. The van der Waals surface area contributed by atoms with Crippen LogP contribution in [0, 0.1) is 6.92 Å². The van der Waals surface area contributed by atoms with Crippen molar-refractivity contribution in [3.05, 3.63) is 46.1 Å². The zero-order valence-electron chi connectivity index (χ0n) is 13.0. The van der Waals surface area contributed by atoms with Crippen LogP contribution in [0.25, 0.3) is 20.2 Å². The quantitative estimate of drug-likeness (QED) is 0.328. The van der Waals surface area contributed by atoms with Gasteiger partial charge in [0.2, 0.25) is 0 Å². The van der Waals surface area contributed by atoms with Gasteiger partial charge in [0.15, 0.2) is 5.43 Å². The molecule has 122 valence electrons. The standard InChI is InChI=1S/C17H18N2O2S.HI/c1-10-3-5-13(19-8-7-18-2)15-16(21)12-9-11(20)4-6-14(12)22-17(10)15;/h3-6,9,18-20H,7-8H2,1-2H3;1H. The summed E-state index contributed by atoms with van der Waals surface area (Å²) >= 11 is 1.59. The number of fused-ring (bicyclic) bond motifs is 2. The molecule has 23 heavy (non-hydrogen) atoms. The van der Waals surface area contributed by atoms with Crippen LogP contribution >= 0.6 is 35.3 Å². The molecule has 1 aromatic heterocycles. The van der Waals surface area contributed by atoms with Crippen LogP contribution in [0.3, 0.4) is 0 Å². The molecule has 0 radical (unpaired) electrons. The normalized spacial score (nSPS) is 10.7. The molecule has 3 N–H and O–H groups in total. The fourth-order valence-electron chi connectivity index (χ4n) is 2.54. The molecule has 6 heteroatoms. The fourth-order valence-corrected chi connectivity index (χ4v) is 3.69. The average molecular weight is 442 g/mol. The highest BCUT2D eigenvalue weighted by molar-refractivity contribution is 14.0. The van der Waals surface area contributed by atoms with Crippen LogP contribution in [0.15, 0.2) is 35.1 Å². The molecule has 0 unspecified atom stereocenters. The summed E-state index contributed by atoms with van der Waals surface area (Å²) in [6.07, 6.45) is 0. The molecule has 2 aromatic carbocycles. The summed E-state index contributed by atoms with van der Waals surface area (Å²) in [6.45, 7) is 3.58. The molecule has 0 bridgehead atoms. The molecule has 0 aliphatic heterocycles. The Labute approximate surface area is 155 Å². The van der Waals surface area contributed by atoms with E-state index in [9.17, 15) is 9.90 Å². The van der Waals surface area contributed by atoms with Crippen molar-refractivity contribution in [2.45, 2.75) is 6.92 Å². The lowest BCUT2D eigenvalue weighted by atomic mass is 10.1. The third-order valence-corrected chi connectivity index (χ3v) is 5.00. The minimum absolute atomic E-state index is 0. The minimum Gasteiger partial charge on any atom is -0.508 e. The Morgan fingerprint density at radius 1 is 1.17 bits per heavy atom. The molecule has 3 aromatic rings. The van der Waals surface area contributed by atoms with Gasteiger partial charge in [-0.1, -0.05) is 6.07 Å². The molecule has 4 nitrogen and oxygen atoms in total. The monoisotopic (exact) mass is 442 g/mol. The number of hydrogen-bond donors (Lipinski definition) is 3. The number of rotatable bonds is 4. The summed E-state index contributed by atoms with van der Waals surface area (Å²) < 4.78 is 1.89. The number of aryl methyl sites for hydroxylation is 1. The zero-order chi connectivity index (χ0) is 15.7. The molecule has 0 fully saturated rings. The molecule has 0 saturated heterocycles. The van der Waals surface area contributed by atoms with Crippen molar-refractivity contribution in [1.82, 2.24) is 5.32 Å². The highest BCUT2D eigenvalue weighted by Gasteiger charge is 2.12. The van der Waals surface area contributed by atoms with Gasteiger partial charge in [0.25, 0.3) is 0 Å². The van der Waals surface area contributed by atoms with E-state index in [1.807, 2.05) is 26.1 Å². The Hall–Kier alpha value is -1.38. The highest BCUT2D eigenvalue weighted by atomic mass is 127. The van der Waals surface area contributed by atoms with E-state index in [0.717, 1.165) is 33.7 Å². The molecule has 0 aliphatic rings. The van der Waals surface area contributed by atoms with E-state index in [1.54, 1.807) is 29.5 Å². The number of likely N-dealkylation sites (N-methyl/N-ethyl adjacent to an activating group) is 1. The molecule has 0 saturated carbocycles. The second-order valence-electron chi connectivity index (χ2n) is 5.28. The van der Waals surface area contributed by atoms with Crippen LogP contribution in [0.1, 0.15) is 5.56 Å². The molecule has 1 heterocycles. The number of nitrogens with one attached hydrogen (secondary N) is 2. The third kappa shape index (κ3) is 3.44. The van der Waals surface area contributed by atoms with Gasteiger partial charge in [-0.25, -0.2) is 0 Å². The maximum absolute atomic E-state index is 12.9. The summed E-state index contributed by atoms with van der Waals surface area (Å²) in [7, 11) is 1.90. The van der Waals surface area contributed by atoms with Crippen LogP contribution in [0.5, 0.6) is 5.75 Å². The van der Waals surface area contributed by atoms with Crippen molar-refractivity contribution in [3.8, 4) is 5.75 Å². The largest absolute Gasteiger partial charge is 0.508 e. The first kappa shape index (κ1) is 18.0. The van der Waals surface area contributed by atoms with Gasteiger partial charge in [-0.15, -0.1) is 35.3 Å². The first-order valence-corrected chi connectivity index (χ1v) is 8.01. The van der Waals surface area contributed by atoms with Crippen molar-refractivity contribution in [1.29, 1.82) is 0 Å². The second kappa shape index (κ2) is 7.46. The van der Waals surface area contributed by atoms with Crippen LogP contribution in [0.2, 0.25) is 0 Å². The number of phenols is 1. The molecular weight excluding hydrogens is 423 g/mol. The van der Waals surface area contributed by atoms with Crippen molar-refractivity contribution in [2.24, 2.45) is 0 Å². The van der Waals surface area contributed by atoms with Gasteiger partial charge in [0.1, 0.15) is 5.75 Å². The maximum Gasteiger partial charge on any atom is 0.198 e. The van der Waals surface area contributed by atoms with E-state index in [-0.39, 0.29) is 35.2 Å². The van der Waals surface area contributed by atoms with Crippen molar-refractivity contribution in [3.63, 3.8) is 0 Å². The van der Waals surface area contributed by atoms with Gasteiger partial charge in [-0.3, -0.25) is 4.79 Å². The van der Waals surface area contributed by atoms with E-state index in [1.165, 1.54) is 0 Å². The predicted molar refractivity (Wildman–Crippen MR) is 110 cm³/mol. The summed E-state index contributed by atoms with van der Waals surface area (Å²) in [5.41, 5.74) is 1.91. The minimum atomic E-state index is -0.0321. The van der Waals surface area contributed by atoms with E-state index >= 15 is 0 Å². The number of hydrogen-bond acceptors (Lipinski definition) is 5. The lowest BCUT2D eigenvalue weighted by Crippen LogP contribution is -2.18. The van der Waals surface area contributed by atoms with Crippen molar-refractivity contribution >= 4 is 61.2 Å². The van der Waals surface area contributed by atoms with E-state index in [0.29, 0.717) is 10.8 Å². The molecular formula is C17H19IN2O2S. The number of halogens is 1. The zero-order valence-corrected chi connectivity index (χ0v) is 16.1. The van der Waals surface area contributed by atoms with Crippen LogP contribution in [-0.4, -0.2) is 25.2 Å². The van der Waals surface area contributed by atoms with Gasteiger partial charge < -0.3 is 15.7 Å². The van der Waals surface area contributed by atoms with Crippen molar-refractivity contribution < 1.29 is 5.11 Å². The number of phenolic OH excluding ortho intramolecular Hbond substituents is 1. The number of anilines is 1. The molecule has 0 amide bonds. The van der Waals surface area contributed by atoms with E-state index in [2.05, 4.69) is 10.6 Å². The Morgan fingerprint density at radius 2 is 1.96 bits per heavy atom. The predicted octanol–water partition coefficient (Wildman–Crippen LogP) is 3.68. The number of benzene rings is 2. The van der Waals surface area contributed by atoms with Crippen LogP contribution < -0.4 is 16.1 Å². The number of aromatic hydroxyl groups is 1. The van der Waals surface area contributed by atoms with Crippen LogP contribution in [-0.2, 0) is 0 Å². The Balaban J connectivity index is 0.00000192. The molecule has 0 atom stereocenters. The summed E-state index contributed by atoms with van der Waals surface area (Å²) in [4.78, 5) is 12.9. The topological polar surface area (TPSA) is 61.4 Å². The van der Waals surface area contributed by atoms with Gasteiger partial charge in [-0.2, -0.15) is 0 Å². The summed E-state index contributed by atoms with van der Waals surface area (Å²) in [5, 5.41) is 17.3. The van der Waals surface area contributed by atoms with E-state index in [4.69, 9.17) is 0 Å². The summed E-state index contributed by atoms with van der Waals surface area (Å²) in [5.74, 6) is 0.119. The smallest absolute Gasteiger partial charge is 0.198 e. The Kier molecular flexibility index (Phi) is 5.83. The maximum atomic E-state index is 12.9. The van der Waals surface area contributed by atoms with Gasteiger partial charge in [0.05, 0.1) is 5.39 Å². The fraction of sp³-hybridized carbons (Fsp3) is 0.235. The first-order chi connectivity index (χ1) is 10.6. The first-order valence-electron chi connectivity index (χ1n) is 7.19. The van der Waals surface area contributed by atoms with Gasteiger partial charge in [-0.05, 0) is 43.8 Å². The third-order valence-electron chi connectivity index (χ3n) is 3.69. The second-order valence-corrected chi connectivity index (χ2v) is 6.33. The average Bonchev–Trinajstić information content (AvgIpc) is 2.51. The molecule has 0 aliphatic carbocycles. The molecule has 0 spiro atoms. The van der Waals surface area contributed by atoms with Gasteiger partial charge in [0, 0.05) is 33.6 Å². The van der Waals surface area contributed by atoms with E-state index < -0.39 is 0 Å². The SMILES string of the molecule is CNCCNc1ccc(C)c2sc3ccc(O)cc3c(=O)c12.I. The van der Waals surface area contributed by atoms with Gasteiger partial charge >= 0.3 is 0 Å². The lowest BCUT2D eigenvalue weighted by Gasteiger charge is -2.11. The van der Waals surface area contributed by atoms with Crippen molar-refractivity contribution in [2.75, 3.05) is 25.5 Å². The Morgan fingerprint density at radius 3 is 2.70 bits per heavy atom.